The Morgan fingerprint density at radius 3 is 2.69 bits per heavy atom. The van der Waals surface area contributed by atoms with Gasteiger partial charge in [-0.1, -0.05) is 36.4 Å². The Bertz CT molecular complexity index is 859. The maximum Gasteiger partial charge on any atom is 0.298 e. The molecule has 1 amide bonds. The lowest BCUT2D eigenvalue weighted by Crippen LogP contribution is -2.38. The smallest absolute Gasteiger partial charge is 0.298 e. The van der Waals surface area contributed by atoms with Crippen LogP contribution in [0.3, 0.4) is 0 Å². The molecule has 8 heteroatoms. The van der Waals surface area contributed by atoms with E-state index in [0.717, 1.165) is 29.9 Å². The van der Waals surface area contributed by atoms with Crippen LogP contribution in [0.25, 0.3) is 10.2 Å². The van der Waals surface area contributed by atoms with Crippen LogP contribution in [0.1, 0.15) is 24.4 Å². The summed E-state index contributed by atoms with van der Waals surface area (Å²) < 4.78 is 11.4. The Kier molecular flexibility index (Phi) is 5.85. The van der Waals surface area contributed by atoms with E-state index in [1.54, 1.807) is 18.1 Å². The van der Waals surface area contributed by atoms with Gasteiger partial charge < -0.3 is 14.2 Å². The largest absolute Gasteiger partial charge is 0.494 e. The van der Waals surface area contributed by atoms with Crippen molar-refractivity contribution in [1.82, 2.24) is 15.0 Å². The van der Waals surface area contributed by atoms with Gasteiger partial charge in [0.15, 0.2) is 5.13 Å². The molecule has 2 heterocycles. The molecule has 0 aliphatic rings. The molecule has 1 aromatic carbocycles. The molecule has 7 nitrogen and oxygen atoms in total. The van der Waals surface area contributed by atoms with Gasteiger partial charge in [0.2, 0.25) is 5.76 Å². The minimum absolute atomic E-state index is 0.204. The lowest BCUT2D eigenvalue weighted by atomic mass is 10.3. The Balaban J connectivity index is 1.95. The highest BCUT2D eigenvalue weighted by molar-refractivity contribution is 7.22. The molecule has 0 aliphatic carbocycles. The van der Waals surface area contributed by atoms with Crippen LogP contribution in [-0.4, -0.2) is 54.2 Å². The summed E-state index contributed by atoms with van der Waals surface area (Å²) in [7, 11) is 1.62. The zero-order valence-electron chi connectivity index (χ0n) is 15.1. The number of hydrogen-bond donors (Lipinski definition) is 0. The normalized spacial score (nSPS) is 11.2. The summed E-state index contributed by atoms with van der Waals surface area (Å²) in [5.74, 6) is 0.657. The number of methoxy groups -OCH3 is 1. The SMILES string of the molecule is CCN(CC)CCN(C(=O)c1ccno1)c1nc2c(OC)cccc2s1. The van der Waals surface area contributed by atoms with Gasteiger partial charge in [-0.15, -0.1) is 0 Å². The van der Waals surface area contributed by atoms with Gasteiger partial charge >= 0.3 is 0 Å². The van der Waals surface area contributed by atoms with E-state index in [9.17, 15) is 4.79 Å². The van der Waals surface area contributed by atoms with Crippen molar-refractivity contribution in [2.45, 2.75) is 13.8 Å². The Hall–Kier alpha value is -2.45. The van der Waals surface area contributed by atoms with Gasteiger partial charge in [0.05, 0.1) is 18.0 Å². The number of fused-ring (bicyclic) bond motifs is 1. The van der Waals surface area contributed by atoms with Crippen LogP contribution >= 0.6 is 11.3 Å². The molecule has 0 aliphatic heterocycles. The molecule has 0 saturated heterocycles. The van der Waals surface area contributed by atoms with Crippen molar-refractivity contribution in [3.05, 3.63) is 36.2 Å². The highest BCUT2D eigenvalue weighted by Crippen LogP contribution is 2.34. The number of para-hydroxylation sites is 1. The number of likely N-dealkylation sites (N-methyl/N-ethyl adjacent to an activating group) is 1. The fourth-order valence-electron chi connectivity index (χ4n) is 2.72. The number of hydrogen-bond acceptors (Lipinski definition) is 7. The van der Waals surface area contributed by atoms with Gasteiger partial charge in [0, 0.05) is 19.2 Å². The fraction of sp³-hybridized carbons (Fsp3) is 0.389. The van der Waals surface area contributed by atoms with Crippen molar-refractivity contribution in [3.63, 3.8) is 0 Å². The second-order valence-electron chi connectivity index (χ2n) is 5.66. The van der Waals surface area contributed by atoms with Crippen molar-refractivity contribution in [1.29, 1.82) is 0 Å². The molecule has 3 aromatic rings. The third-order valence-electron chi connectivity index (χ3n) is 4.25. The van der Waals surface area contributed by atoms with Gasteiger partial charge in [-0.2, -0.15) is 0 Å². The summed E-state index contributed by atoms with van der Waals surface area (Å²) in [6.07, 6.45) is 1.47. The summed E-state index contributed by atoms with van der Waals surface area (Å²) in [5, 5.41) is 4.27. The lowest BCUT2D eigenvalue weighted by Gasteiger charge is -2.23. The van der Waals surface area contributed by atoms with Crippen molar-refractivity contribution < 1.29 is 14.1 Å². The minimum atomic E-state index is -0.243. The van der Waals surface area contributed by atoms with E-state index < -0.39 is 0 Å². The summed E-state index contributed by atoms with van der Waals surface area (Å²) >= 11 is 1.46. The molecule has 0 saturated carbocycles. The fourth-order valence-corrected chi connectivity index (χ4v) is 3.72. The summed E-state index contributed by atoms with van der Waals surface area (Å²) in [6, 6.07) is 7.33. The van der Waals surface area contributed by atoms with Crippen molar-refractivity contribution in [2.24, 2.45) is 0 Å². The minimum Gasteiger partial charge on any atom is -0.494 e. The number of carbonyl (C=O) groups excluding carboxylic acids is 1. The number of aromatic nitrogens is 2. The Morgan fingerprint density at radius 2 is 2.04 bits per heavy atom. The number of benzene rings is 1. The molecule has 0 spiro atoms. The van der Waals surface area contributed by atoms with Crippen LogP contribution in [-0.2, 0) is 0 Å². The zero-order chi connectivity index (χ0) is 18.5. The summed E-state index contributed by atoms with van der Waals surface area (Å²) in [6.45, 7) is 7.33. The average molecular weight is 374 g/mol. The molecular formula is C18H22N4O3S. The number of rotatable bonds is 8. The molecule has 3 rings (SSSR count). The van der Waals surface area contributed by atoms with E-state index in [4.69, 9.17) is 9.26 Å². The van der Waals surface area contributed by atoms with E-state index in [0.29, 0.717) is 17.4 Å². The van der Waals surface area contributed by atoms with Gasteiger partial charge in [-0.25, -0.2) is 4.98 Å². The predicted molar refractivity (Wildman–Crippen MR) is 102 cm³/mol. The second kappa shape index (κ2) is 8.29. The average Bonchev–Trinajstić information content (AvgIpc) is 3.34. The molecular weight excluding hydrogens is 352 g/mol. The Labute approximate surface area is 156 Å². The molecule has 0 radical (unpaired) electrons. The van der Waals surface area contributed by atoms with Gasteiger partial charge in [0.25, 0.3) is 5.91 Å². The number of carbonyl (C=O) groups is 1. The summed E-state index contributed by atoms with van der Waals surface area (Å²) in [4.78, 5) is 21.5. The first-order valence-corrected chi connectivity index (χ1v) is 9.38. The molecule has 0 fully saturated rings. The van der Waals surface area contributed by atoms with E-state index in [-0.39, 0.29) is 11.7 Å². The maximum atomic E-state index is 12.9. The number of nitrogens with zero attached hydrogens (tertiary/aromatic N) is 4. The van der Waals surface area contributed by atoms with Crippen LogP contribution < -0.4 is 9.64 Å². The molecule has 138 valence electrons. The predicted octanol–water partition coefficient (Wildman–Crippen LogP) is 3.28. The number of thiazole rings is 1. The first-order chi connectivity index (χ1) is 12.7. The van der Waals surface area contributed by atoms with Crippen LogP contribution in [0.15, 0.2) is 35.0 Å². The number of anilines is 1. The molecule has 0 atom stereocenters. The zero-order valence-corrected chi connectivity index (χ0v) is 16.0. The molecule has 2 aromatic heterocycles. The molecule has 0 bridgehead atoms. The summed E-state index contributed by atoms with van der Waals surface area (Å²) in [5.41, 5.74) is 0.758. The van der Waals surface area contributed by atoms with Crippen molar-refractivity contribution in [2.75, 3.05) is 38.2 Å². The topological polar surface area (TPSA) is 71.7 Å². The monoisotopic (exact) mass is 374 g/mol. The van der Waals surface area contributed by atoms with Crippen LogP contribution in [0.5, 0.6) is 5.75 Å². The van der Waals surface area contributed by atoms with E-state index in [1.807, 2.05) is 18.2 Å². The van der Waals surface area contributed by atoms with E-state index in [1.165, 1.54) is 17.5 Å². The Morgan fingerprint density at radius 1 is 1.23 bits per heavy atom. The highest BCUT2D eigenvalue weighted by atomic mass is 32.1. The number of amides is 1. The van der Waals surface area contributed by atoms with Gasteiger partial charge in [-0.3, -0.25) is 9.69 Å². The number of ether oxygens (including phenoxy) is 1. The maximum absolute atomic E-state index is 12.9. The quantitative estimate of drug-likeness (QED) is 0.602. The third-order valence-corrected chi connectivity index (χ3v) is 5.29. The van der Waals surface area contributed by atoms with Gasteiger partial charge in [0.1, 0.15) is 11.3 Å². The third kappa shape index (κ3) is 3.71. The molecule has 0 N–H and O–H groups in total. The lowest BCUT2D eigenvalue weighted by molar-refractivity contribution is 0.0948. The van der Waals surface area contributed by atoms with Crippen LogP contribution in [0, 0.1) is 0 Å². The molecule has 0 unspecified atom stereocenters. The van der Waals surface area contributed by atoms with Crippen molar-refractivity contribution >= 4 is 32.6 Å². The first-order valence-electron chi connectivity index (χ1n) is 8.56. The van der Waals surface area contributed by atoms with Crippen LogP contribution in [0.4, 0.5) is 5.13 Å². The second-order valence-corrected chi connectivity index (χ2v) is 6.67. The van der Waals surface area contributed by atoms with Crippen LogP contribution in [0.2, 0.25) is 0 Å². The highest BCUT2D eigenvalue weighted by Gasteiger charge is 2.25. The van der Waals surface area contributed by atoms with E-state index in [2.05, 4.69) is 28.9 Å². The first kappa shape index (κ1) is 18.3. The van der Waals surface area contributed by atoms with Gasteiger partial charge in [-0.05, 0) is 25.2 Å². The van der Waals surface area contributed by atoms with Crippen molar-refractivity contribution in [3.8, 4) is 5.75 Å². The molecule has 26 heavy (non-hydrogen) atoms. The van der Waals surface area contributed by atoms with E-state index >= 15 is 0 Å². The standard InChI is InChI=1S/C18H22N4O3S/c1-4-21(5-2)11-12-22(17(23)14-9-10-19-25-14)18-20-16-13(24-3)7-6-8-15(16)26-18/h6-10H,4-5,11-12H2,1-3H3.